The SMILES string of the molecule is O=C1c2ccnc(Cl)c2CN1Cc1ccc(OCC(F)(F)C(F)F)nc1. The second-order valence-corrected chi connectivity index (χ2v) is 6.00. The normalized spacial score (nSPS) is 14.1. The molecule has 0 unspecified atom stereocenters. The lowest BCUT2D eigenvalue weighted by Crippen LogP contribution is -2.33. The Morgan fingerprint density at radius 1 is 1.27 bits per heavy atom. The number of pyridine rings is 2. The van der Waals surface area contributed by atoms with Crippen molar-refractivity contribution < 1.29 is 27.1 Å². The van der Waals surface area contributed by atoms with Gasteiger partial charge >= 0.3 is 12.3 Å². The summed E-state index contributed by atoms with van der Waals surface area (Å²) in [7, 11) is 0. The maximum absolute atomic E-state index is 12.8. The first kappa shape index (κ1) is 18.4. The van der Waals surface area contributed by atoms with Crippen LogP contribution in [-0.4, -0.2) is 39.7 Å². The maximum Gasteiger partial charge on any atom is 0.340 e. The summed E-state index contributed by atoms with van der Waals surface area (Å²) in [4.78, 5) is 21.6. The molecule has 0 atom stereocenters. The lowest BCUT2D eigenvalue weighted by Gasteiger charge is -2.17. The predicted octanol–water partition coefficient (Wildman–Crippen LogP) is 3.57. The molecule has 0 saturated carbocycles. The van der Waals surface area contributed by atoms with Gasteiger partial charge in [0.15, 0.2) is 6.61 Å². The monoisotopic (exact) mass is 389 g/mol. The minimum atomic E-state index is -4.25. The minimum Gasteiger partial charge on any atom is -0.471 e. The van der Waals surface area contributed by atoms with E-state index in [1.54, 1.807) is 6.07 Å². The number of hydrogen-bond acceptors (Lipinski definition) is 4. The summed E-state index contributed by atoms with van der Waals surface area (Å²) in [6.07, 6.45) is -1.04. The van der Waals surface area contributed by atoms with E-state index in [4.69, 9.17) is 11.6 Å². The van der Waals surface area contributed by atoms with E-state index in [9.17, 15) is 22.4 Å². The predicted molar refractivity (Wildman–Crippen MR) is 83.5 cm³/mol. The number of alkyl halides is 4. The Morgan fingerprint density at radius 3 is 2.65 bits per heavy atom. The zero-order valence-electron chi connectivity index (χ0n) is 13.1. The van der Waals surface area contributed by atoms with Gasteiger partial charge in [-0.25, -0.2) is 18.7 Å². The molecule has 0 fully saturated rings. The van der Waals surface area contributed by atoms with Gasteiger partial charge in [0.2, 0.25) is 5.88 Å². The molecule has 5 nitrogen and oxygen atoms in total. The summed E-state index contributed by atoms with van der Waals surface area (Å²) in [5.74, 6) is -4.67. The van der Waals surface area contributed by atoms with Crippen LogP contribution in [0.15, 0.2) is 30.6 Å². The van der Waals surface area contributed by atoms with Gasteiger partial charge in [-0.2, -0.15) is 8.78 Å². The van der Waals surface area contributed by atoms with Gasteiger partial charge in [-0.1, -0.05) is 17.7 Å². The van der Waals surface area contributed by atoms with Gasteiger partial charge in [-0.3, -0.25) is 4.79 Å². The lowest BCUT2D eigenvalue weighted by atomic mass is 10.2. The van der Waals surface area contributed by atoms with Gasteiger partial charge in [0.1, 0.15) is 5.15 Å². The second-order valence-electron chi connectivity index (χ2n) is 5.64. The highest BCUT2D eigenvalue weighted by Gasteiger charge is 2.41. The van der Waals surface area contributed by atoms with Crippen LogP contribution in [0.25, 0.3) is 0 Å². The van der Waals surface area contributed by atoms with E-state index < -0.39 is 19.0 Å². The molecule has 0 aromatic carbocycles. The van der Waals surface area contributed by atoms with E-state index in [1.165, 1.54) is 29.4 Å². The van der Waals surface area contributed by atoms with E-state index in [-0.39, 0.29) is 23.5 Å². The van der Waals surface area contributed by atoms with Gasteiger partial charge in [0, 0.05) is 36.1 Å². The molecule has 26 heavy (non-hydrogen) atoms. The van der Waals surface area contributed by atoms with Crippen LogP contribution in [0.3, 0.4) is 0 Å². The summed E-state index contributed by atoms with van der Waals surface area (Å²) < 4.78 is 54.4. The molecule has 1 amide bonds. The number of halogens is 5. The molecule has 1 aliphatic rings. The van der Waals surface area contributed by atoms with Crippen molar-refractivity contribution in [2.24, 2.45) is 0 Å². The van der Waals surface area contributed by atoms with Crippen LogP contribution in [0.2, 0.25) is 5.15 Å². The van der Waals surface area contributed by atoms with Crippen LogP contribution in [0.4, 0.5) is 17.6 Å². The largest absolute Gasteiger partial charge is 0.471 e. The molecular weight excluding hydrogens is 378 g/mol. The number of carbonyl (C=O) groups excluding carboxylic acids is 1. The third kappa shape index (κ3) is 3.72. The number of carbonyl (C=O) groups is 1. The van der Waals surface area contributed by atoms with Gasteiger partial charge in [-0.15, -0.1) is 0 Å². The average Bonchev–Trinajstić information content (AvgIpc) is 2.92. The van der Waals surface area contributed by atoms with E-state index in [0.29, 0.717) is 23.2 Å². The van der Waals surface area contributed by atoms with E-state index in [2.05, 4.69) is 14.7 Å². The Labute approximate surface area is 150 Å². The molecule has 2 aromatic heterocycles. The van der Waals surface area contributed by atoms with Crippen LogP contribution in [0, 0.1) is 0 Å². The molecule has 1 aliphatic heterocycles. The highest BCUT2D eigenvalue weighted by molar-refractivity contribution is 6.30. The first-order chi connectivity index (χ1) is 12.3. The number of aromatic nitrogens is 2. The number of rotatable bonds is 6. The molecule has 138 valence electrons. The summed E-state index contributed by atoms with van der Waals surface area (Å²) >= 11 is 5.98. The molecule has 0 spiro atoms. The Morgan fingerprint density at radius 2 is 2.04 bits per heavy atom. The van der Waals surface area contributed by atoms with E-state index in [0.717, 1.165) is 0 Å². The van der Waals surface area contributed by atoms with Crippen LogP contribution in [0.5, 0.6) is 5.88 Å². The lowest BCUT2D eigenvalue weighted by molar-refractivity contribution is -0.148. The van der Waals surface area contributed by atoms with Crippen molar-refractivity contribution in [1.29, 1.82) is 0 Å². The summed E-state index contributed by atoms with van der Waals surface area (Å²) in [5, 5.41) is 0.264. The Balaban J connectivity index is 1.62. The summed E-state index contributed by atoms with van der Waals surface area (Å²) in [5.41, 5.74) is 1.73. The highest BCUT2D eigenvalue weighted by Crippen LogP contribution is 2.29. The van der Waals surface area contributed by atoms with Crippen LogP contribution < -0.4 is 4.74 Å². The number of hydrogen-bond donors (Lipinski definition) is 0. The van der Waals surface area contributed by atoms with Crippen LogP contribution in [-0.2, 0) is 13.1 Å². The fraction of sp³-hybridized carbons (Fsp3) is 0.312. The summed E-state index contributed by atoms with van der Waals surface area (Å²) in [6.45, 7) is -0.966. The molecule has 0 radical (unpaired) electrons. The van der Waals surface area contributed by atoms with Crippen molar-refractivity contribution in [2.75, 3.05) is 6.61 Å². The number of nitrogens with zero attached hydrogens (tertiary/aromatic N) is 3. The quantitative estimate of drug-likeness (QED) is 0.560. The maximum atomic E-state index is 12.8. The van der Waals surface area contributed by atoms with Crippen LogP contribution in [0.1, 0.15) is 21.5 Å². The fourth-order valence-electron chi connectivity index (χ4n) is 2.42. The molecular formula is C16H12ClF4N3O2. The number of fused-ring (bicyclic) bond motifs is 1. The second kappa shape index (κ2) is 7.06. The van der Waals surface area contributed by atoms with Crippen molar-refractivity contribution in [3.05, 3.63) is 52.4 Å². The van der Waals surface area contributed by atoms with Gasteiger partial charge < -0.3 is 9.64 Å². The third-order valence-corrected chi connectivity index (χ3v) is 4.10. The molecule has 2 aromatic rings. The van der Waals surface area contributed by atoms with Crippen LogP contribution >= 0.6 is 11.6 Å². The average molecular weight is 390 g/mol. The minimum absolute atomic E-state index is 0.207. The zero-order chi connectivity index (χ0) is 18.9. The van der Waals surface area contributed by atoms with Crippen molar-refractivity contribution >= 4 is 17.5 Å². The zero-order valence-corrected chi connectivity index (χ0v) is 13.9. The Hall–Kier alpha value is -2.42. The first-order valence-corrected chi connectivity index (χ1v) is 7.82. The van der Waals surface area contributed by atoms with E-state index in [1.807, 2.05) is 0 Å². The Bertz CT molecular complexity index is 818. The standard InChI is InChI=1S/C16H12ClF4N3O2/c17-13-11-7-24(14(25)10(11)3-4-22-13)6-9-1-2-12(23-5-9)26-8-16(20,21)15(18)19/h1-5,15H,6-8H2. The first-order valence-electron chi connectivity index (χ1n) is 7.44. The molecule has 0 saturated heterocycles. The molecule has 3 rings (SSSR count). The van der Waals surface area contributed by atoms with Crippen molar-refractivity contribution in [2.45, 2.75) is 25.4 Å². The molecule has 0 aliphatic carbocycles. The molecule has 10 heteroatoms. The van der Waals surface area contributed by atoms with Gasteiger partial charge in [0.05, 0.1) is 6.54 Å². The van der Waals surface area contributed by atoms with Crippen molar-refractivity contribution in [3.63, 3.8) is 0 Å². The molecule has 0 bridgehead atoms. The van der Waals surface area contributed by atoms with E-state index >= 15 is 0 Å². The van der Waals surface area contributed by atoms with Crippen molar-refractivity contribution in [3.8, 4) is 5.88 Å². The smallest absolute Gasteiger partial charge is 0.340 e. The molecule has 0 N–H and O–H groups in total. The number of amides is 1. The fourth-order valence-corrected chi connectivity index (χ4v) is 2.64. The van der Waals surface area contributed by atoms with Gasteiger partial charge in [0.25, 0.3) is 5.91 Å². The topological polar surface area (TPSA) is 55.3 Å². The van der Waals surface area contributed by atoms with Crippen molar-refractivity contribution in [1.82, 2.24) is 14.9 Å². The summed E-state index contributed by atoms with van der Waals surface area (Å²) in [6, 6.07) is 4.38. The third-order valence-electron chi connectivity index (χ3n) is 3.77. The van der Waals surface area contributed by atoms with Gasteiger partial charge in [-0.05, 0) is 11.6 Å². The number of ether oxygens (including phenoxy) is 1. The highest BCUT2D eigenvalue weighted by atomic mass is 35.5. The Kier molecular flexibility index (Phi) is 4.99. The molecule has 3 heterocycles.